The van der Waals surface area contributed by atoms with E-state index in [1.165, 1.54) is 43.2 Å². The first-order valence-corrected chi connectivity index (χ1v) is 13.3. The molecule has 0 bridgehead atoms. The van der Waals surface area contributed by atoms with Crippen LogP contribution in [0.15, 0.2) is 54.9 Å². The highest BCUT2D eigenvalue weighted by Crippen LogP contribution is 2.39. The van der Waals surface area contributed by atoms with Crippen LogP contribution in [0.3, 0.4) is 0 Å². The van der Waals surface area contributed by atoms with Crippen LogP contribution in [0.25, 0.3) is 0 Å². The summed E-state index contributed by atoms with van der Waals surface area (Å²) < 4.78 is 0. The molecule has 0 amide bonds. The van der Waals surface area contributed by atoms with Gasteiger partial charge in [-0.15, -0.1) is 0 Å². The third-order valence-electron chi connectivity index (χ3n) is 8.68. The number of carbonyl (C=O) groups is 1. The van der Waals surface area contributed by atoms with Gasteiger partial charge in [0.15, 0.2) is 0 Å². The summed E-state index contributed by atoms with van der Waals surface area (Å²) in [6, 6.07) is 14.8. The van der Waals surface area contributed by atoms with Crippen LogP contribution >= 0.6 is 0 Å². The zero-order chi connectivity index (χ0) is 23.3. The number of carboxylic acid groups (broad SMARTS) is 1. The summed E-state index contributed by atoms with van der Waals surface area (Å²) >= 11 is 0. The molecule has 2 aliphatic heterocycles. The summed E-state index contributed by atoms with van der Waals surface area (Å²) in [5, 5.41) is 10.2. The molecule has 3 unspecified atom stereocenters. The maximum absolute atomic E-state index is 12.4. The Bertz CT molecular complexity index is 907. The molecule has 3 heterocycles. The average Bonchev–Trinajstić information content (AvgIpc) is 3.29. The molecule has 3 atom stereocenters. The lowest BCUT2D eigenvalue weighted by Crippen LogP contribution is -2.46. The molecule has 0 radical (unpaired) electrons. The number of hydrogen-bond donors (Lipinski definition) is 1. The SMILES string of the molecule is O=C(O)C(C1CCCCC1)N1CC(CN2CCC(c3cccnc3)CC2)C(c2ccccc2)C1. The fraction of sp³-hybridized carbons (Fsp3) is 0.586. The van der Waals surface area contributed by atoms with Gasteiger partial charge >= 0.3 is 5.97 Å². The number of pyridine rings is 1. The minimum absolute atomic E-state index is 0.302. The molecule has 1 N–H and O–H groups in total. The minimum atomic E-state index is -0.614. The molecule has 1 aromatic heterocycles. The predicted octanol–water partition coefficient (Wildman–Crippen LogP) is 5.01. The van der Waals surface area contributed by atoms with Gasteiger partial charge in [0.2, 0.25) is 0 Å². The van der Waals surface area contributed by atoms with Gasteiger partial charge in [0.25, 0.3) is 0 Å². The molecule has 0 spiro atoms. The van der Waals surface area contributed by atoms with Gasteiger partial charge in [0, 0.05) is 37.9 Å². The van der Waals surface area contributed by atoms with Crippen LogP contribution in [0.4, 0.5) is 0 Å². The Labute approximate surface area is 204 Å². The van der Waals surface area contributed by atoms with Gasteiger partial charge in [0.05, 0.1) is 0 Å². The monoisotopic (exact) mass is 461 g/mol. The zero-order valence-electron chi connectivity index (χ0n) is 20.3. The first kappa shape index (κ1) is 23.5. The number of piperidine rings is 1. The Morgan fingerprint density at radius 3 is 2.35 bits per heavy atom. The maximum atomic E-state index is 12.4. The standard InChI is InChI=1S/C29H39N3O2/c33-29(34)28(24-10-5-2-6-11-24)32-20-26(27(21-32)23-8-3-1-4-9-23)19-31-16-13-22(14-17-31)25-12-7-15-30-18-25/h1,3-4,7-9,12,15,18,22,24,26-28H,2,5-6,10-11,13-14,16-17,19-21H2,(H,33,34). The summed E-state index contributed by atoms with van der Waals surface area (Å²) in [5.41, 5.74) is 2.74. The lowest BCUT2D eigenvalue weighted by molar-refractivity contribution is -0.145. The minimum Gasteiger partial charge on any atom is -0.480 e. The van der Waals surface area contributed by atoms with Gasteiger partial charge in [-0.05, 0) is 73.7 Å². The zero-order valence-corrected chi connectivity index (χ0v) is 20.3. The second-order valence-corrected chi connectivity index (χ2v) is 10.8. The maximum Gasteiger partial charge on any atom is 0.321 e. The number of rotatable bonds is 7. The van der Waals surface area contributed by atoms with E-state index in [2.05, 4.69) is 51.2 Å². The van der Waals surface area contributed by atoms with Crippen molar-refractivity contribution < 1.29 is 9.90 Å². The fourth-order valence-electron chi connectivity index (χ4n) is 6.90. The summed E-state index contributed by atoms with van der Waals surface area (Å²) in [5.74, 6) is 1.18. The van der Waals surface area contributed by atoms with E-state index < -0.39 is 5.97 Å². The smallest absolute Gasteiger partial charge is 0.321 e. The third kappa shape index (κ3) is 5.36. The Morgan fingerprint density at radius 1 is 0.941 bits per heavy atom. The molecule has 3 aliphatic rings. The van der Waals surface area contributed by atoms with Crippen molar-refractivity contribution in [3.63, 3.8) is 0 Å². The van der Waals surface area contributed by atoms with Gasteiger partial charge in [-0.25, -0.2) is 0 Å². The first-order chi connectivity index (χ1) is 16.7. The number of likely N-dealkylation sites (tertiary alicyclic amines) is 2. The Hall–Kier alpha value is -2.24. The van der Waals surface area contributed by atoms with Gasteiger partial charge < -0.3 is 10.0 Å². The van der Waals surface area contributed by atoms with Crippen LogP contribution in [0.5, 0.6) is 0 Å². The highest BCUT2D eigenvalue weighted by molar-refractivity contribution is 5.74. The van der Waals surface area contributed by atoms with Gasteiger partial charge in [-0.3, -0.25) is 14.7 Å². The molecule has 1 saturated carbocycles. The van der Waals surface area contributed by atoms with E-state index in [-0.39, 0.29) is 6.04 Å². The van der Waals surface area contributed by atoms with Crippen molar-refractivity contribution in [3.8, 4) is 0 Å². The largest absolute Gasteiger partial charge is 0.480 e. The molecular formula is C29H39N3O2. The molecule has 182 valence electrons. The number of nitrogens with zero attached hydrogens (tertiary/aromatic N) is 3. The summed E-state index contributed by atoms with van der Waals surface area (Å²) in [6.45, 7) is 5.06. The second-order valence-electron chi connectivity index (χ2n) is 10.8. The van der Waals surface area contributed by atoms with Crippen LogP contribution < -0.4 is 0 Å². The summed E-state index contributed by atoms with van der Waals surface area (Å²) in [4.78, 5) is 21.7. The molecule has 3 fully saturated rings. The van der Waals surface area contributed by atoms with E-state index in [1.54, 1.807) is 0 Å². The normalized spacial score (nSPS) is 26.5. The van der Waals surface area contributed by atoms with Crippen molar-refractivity contribution in [2.75, 3.05) is 32.7 Å². The Kier molecular flexibility index (Phi) is 7.60. The number of benzene rings is 1. The number of carboxylic acids is 1. The van der Waals surface area contributed by atoms with E-state index >= 15 is 0 Å². The van der Waals surface area contributed by atoms with Crippen molar-refractivity contribution >= 4 is 5.97 Å². The predicted molar refractivity (Wildman–Crippen MR) is 135 cm³/mol. The lowest BCUT2D eigenvalue weighted by Gasteiger charge is -2.35. The molecule has 1 aliphatic carbocycles. The van der Waals surface area contributed by atoms with Crippen LogP contribution in [0, 0.1) is 11.8 Å². The third-order valence-corrected chi connectivity index (χ3v) is 8.68. The molecule has 1 aromatic carbocycles. The molecule has 2 aromatic rings. The number of aromatic nitrogens is 1. The molecular weight excluding hydrogens is 422 g/mol. The van der Waals surface area contributed by atoms with E-state index in [9.17, 15) is 9.90 Å². The lowest BCUT2D eigenvalue weighted by atomic mass is 9.83. The van der Waals surface area contributed by atoms with Crippen LogP contribution in [-0.4, -0.2) is 64.6 Å². The highest BCUT2D eigenvalue weighted by atomic mass is 16.4. The molecule has 34 heavy (non-hydrogen) atoms. The van der Waals surface area contributed by atoms with E-state index in [1.807, 2.05) is 18.5 Å². The molecule has 5 nitrogen and oxygen atoms in total. The Balaban J connectivity index is 1.28. The van der Waals surface area contributed by atoms with E-state index in [0.717, 1.165) is 45.6 Å². The van der Waals surface area contributed by atoms with Gasteiger partial charge in [-0.1, -0.05) is 55.7 Å². The average molecular weight is 462 g/mol. The quantitative estimate of drug-likeness (QED) is 0.628. The van der Waals surface area contributed by atoms with Gasteiger partial charge in [-0.2, -0.15) is 0 Å². The van der Waals surface area contributed by atoms with Crippen molar-refractivity contribution in [1.82, 2.24) is 14.8 Å². The topological polar surface area (TPSA) is 56.7 Å². The van der Waals surface area contributed by atoms with E-state index in [0.29, 0.717) is 23.7 Å². The van der Waals surface area contributed by atoms with Crippen molar-refractivity contribution in [2.45, 2.75) is 62.8 Å². The first-order valence-electron chi connectivity index (χ1n) is 13.3. The molecule has 5 heteroatoms. The summed E-state index contributed by atoms with van der Waals surface area (Å²) in [7, 11) is 0. The van der Waals surface area contributed by atoms with Gasteiger partial charge in [0.1, 0.15) is 6.04 Å². The van der Waals surface area contributed by atoms with Crippen molar-refractivity contribution in [1.29, 1.82) is 0 Å². The fourth-order valence-corrected chi connectivity index (χ4v) is 6.90. The molecule has 5 rings (SSSR count). The molecule has 2 saturated heterocycles. The number of aliphatic carboxylic acids is 1. The van der Waals surface area contributed by atoms with E-state index in [4.69, 9.17) is 0 Å². The van der Waals surface area contributed by atoms with Crippen LogP contribution in [-0.2, 0) is 4.79 Å². The summed E-state index contributed by atoms with van der Waals surface area (Å²) in [6.07, 6.45) is 12.0. The Morgan fingerprint density at radius 2 is 1.68 bits per heavy atom. The van der Waals surface area contributed by atoms with Crippen molar-refractivity contribution in [3.05, 3.63) is 66.0 Å². The van der Waals surface area contributed by atoms with Crippen LogP contribution in [0.2, 0.25) is 0 Å². The van der Waals surface area contributed by atoms with Crippen LogP contribution in [0.1, 0.15) is 67.9 Å². The number of hydrogen-bond acceptors (Lipinski definition) is 4. The second kappa shape index (κ2) is 11.0. The van der Waals surface area contributed by atoms with Crippen molar-refractivity contribution in [2.24, 2.45) is 11.8 Å². The highest BCUT2D eigenvalue weighted by Gasteiger charge is 2.43.